The van der Waals surface area contributed by atoms with Crippen molar-refractivity contribution in [3.63, 3.8) is 0 Å². The van der Waals surface area contributed by atoms with Crippen LogP contribution >= 0.6 is 0 Å². The summed E-state index contributed by atoms with van der Waals surface area (Å²) in [6.07, 6.45) is 1.13. The molecule has 78 valence electrons. The predicted octanol–water partition coefficient (Wildman–Crippen LogP) is 1.08. The Kier molecular flexibility index (Phi) is 2.13. The molecule has 3 nitrogen and oxygen atoms in total. The van der Waals surface area contributed by atoms with Crippen LogP contribution in [0.15, 0.2) is 0 Å². The number of hydrogen-bond donors (Lipinski definition) is 0. The van der Waals surface area contributed by atoms with E-state index in [-0.39, 0.29) is 17.7 Å². The minimum absolute atomic E-state index is 0.0480. The lowest BCUT2D eigenvalue weighted by atomic mass is 9.58. The second-order valence-electron chi connectivity index (χ2n) is 4.75. The van der Waals surface area contributed by atoms with E-state index in [1.165, 1.54) is 0 Å². The molecule has 3 rings (SSSR count). The number of fused-ring (bicyclic) bond motifs is 2. The Morgan fingerprint density at radius 1 is 1.29 bits per heavy atom. The van der Waals surface area contributed by atoms with Gasteiger partial charge in [0.15, 0.2) is 5.78 Å². The minimum atomic E-state index is -0.132. The smallest absolute Gasteiger partial charge is 0.220 e. The molecule has 4 atom stereocenters. The number of ketones is 1. The van der Waals surface area contributed by atoms with Crippen molar-refractivity contribution in [2.75, 3.05) is 6.54 Å². The monoisotopic (exact) mass is 195 g/mol. The largest absolute Gasteiger partial charge is 0.332 e. The second kappa shape index (κ2) is 3.07. The molecule has 2 aliphatic heterocycles. The van der Waals surface area contributed by atoms with Crippen LogP contribution in [0.2, 0.25) is 0 Å². The highest BCUT2D eigenvalue weighted by Crippen LogP contribution is 2.48. The molecule has 0 radical (unpaired) electrons. The highest BCUT2D eigenvalue weighted by molar-refractivity contribution is 5.87. The molecule has 1 amide bonds. The van der Waals surface area contributed by atoms with Crippen LogP contribution in [0.1, 0.15) is 27.2 Å². The Morgan fingerprint density at radius 3 is 2.36 bits per heavy atom. The van der Waals surface area contributed by atoms with Crippen molar-refractivity contribution < 1.29 is 9.59 Å². The summed E-state index contributed by atoms with van der Waals surface area (Å²) in [5, 5.41) is 0. The molecule has 3 heteroatoms. The maximum Gasteiger partial charge on any atom is 0.220 e. The number of amides is 1. The molecule has 0 aromatic carbocycles. The first-order valence-electron chi connectivity index (χ1n) is 5.30. The molecule has 2 heterocycles. The van der Waals surface area contributed by atoms with E-state index < -0.39 is 0 Å². The zero-order chi connectivity index (χ0) is 10.5. The zero-order valence-corrected chi connectivity index (χ0v) is 8.99. The summed E-state index contributed by atoms with van der Waals surface area (Å²) >= 11 is 0. The van der Waals surface area contributed by atoms with Gasteiger partial charge < -0.3 is 4.90 Å². The summed E-state index contributed by atoms with van der Waals surface area (Å²) in [5.41, 5.74) is 0. The van der Waals surface area contributed by atoms with Gasteiger partial charge in [0, 0.05) is 13.5 Å². The van der Waals surface area contributed by atoms with E-state index in [0.717, 1.165) is 13.0 Å². The van der Waals surface area contributed by atoms with Gasteiger partial charge >= 0.3 is 0 Å². The fraction of sp³-hybridized carbons (Fsp3) is 0.818. The van der Waals surface area contributed by atoms with Crippen LogP contribution in [-0.4, -0.2) is 29.2 Å². The van der Waals surface area contributed by atoms with Gasteiger partial charge in [-0.3, -0.25) is 9.59 Å². The van der Waals surface area contributed by atoms with Crippen LogP contribution in [0, 0.1) is 17.8 Å². The first-order chi connectivity index (χ1) is 6.52. The summed E-state index contributed by atoms with van der Waals surface area (Å²) in [7, 11) is 0. The lowest BCUT2D eigenvalue weighted by molar-refractivity contribution is -0.156. The van der Waals surface area contributed by atoms with Crippen molar-refractivity contribution in [2.45, 2.75) is 33.2 Å². The molecule has 4 unspecified atom stereocenters. The predicted molar refractivity (Wildman–Crippen MR) is 52.6 cm³/mol. The van der Waals surface area contributed by atoms with Gasteiger partial charge in [0.05, 0.1) is 6.04 Å². The van der Waals surface area contributed by atoms with Crippen LogP contribution in [0.4, 0.5) is 0 Å². The molecular formula is C11H17NO2. The molecule has 3 fully saturated rings. The lowest BCUT2D eigenvalue weighted by Gasteiger charge is -2.56. The lowest BCUT2D eigenvalue weighted by Crippen LogP contribution is -2.63. The van der Waals surface area contributed by atoms with Gasteiger partial charge in [0.25, 0.3) is 0 Å². The number of carbonyl (C=O) groups excluding carboxylic acids is 2. The van der Waals surface area contributed by atoms with Crippen LogP contribution < -0.4 is 0 Å². The third-order valence-corrected chi connectivity index (χ3v) is 3.99. The fourth-order valence-electron chi connectivity index (χ4n) is 3.03. The Morgan fingerprint density at radius 2 is 1.93 bits per heavy atom. The van der Waals surface area contributed by atoms with Gasteiger partial charge in [0.1, 0.15) is 0 Å². The van der Waals surface area contributed by atoms with Crippen LogP contribution in [-0.2, 0) is 9.59 Å². The molecule has 0 spiro atoms. The van der Waals surface area contributed by atoms with Crippen LogP contribution in [0.25, 0.3) is 0 Å². The first-order valence-corrected chi connectivity index (χ1v) is 5.30. The standard InChI is InChI=1S/C11H17NO2/c1-6-9-4-10(6)11(7(2)13)12(5-9)8(3)14/h6,9-11H,4-5H2,1-3H3. The van der Waals surface area contributed by atoms with Crippen LogP contribution in [0.3, 0.4) is 0 Å². The van der Waals surface area contributed by atoms with Crippen molar-refractivity contribution in [1.29, 1.82) is 0 Å². The summed E-state index contributed by atoms with van der Waals surface area (Å²) in [6.45, 7) is 6.15. The van der Waals surface area contributed by atoms with Crippen molar-refractivity contribution in [3.8, 4) is 0 Å². The third kappa shape index (κ3) is 1.18. The third-order valence-electron chi connectivity index (χ3n) is 3.99. The second-order valence-corrected chi connectivity index (χ2v) is 4.75. The van der Waals surface area contributed by atoms with Gasteiger partial charge in [-0.25, -0.2) is 0 Å². The zero-order valence-electron chi connectivity index (χ0n) is 8.99. The average molecular weight is 195 g/mol. The topological polar surface area (TPSA) is 37.4 Å². The summed E-state index contributed by atoms with van der Waals surface area (Å²) in [6, 6.07) is -0.132. The first kappa shape index (κ1) is 9.69. The fourth-order valence-corrected chi connectivity index (χ4v) is 3.03. The summed E-state index contributed by atoms with van der Waals surface area (Å²) in [5.74, 6) is 1.89. The van der Waals surface area contributed by atoms with Gasteiger partial charge in [0.2, 0.25) is 5.91 Å². The molecule has 3 aliphatic rings. The van der Waals surface area contributed by atoms with E-state index in [1.807, 2.05) is 0 Å². The van der Waals surface area contributed by atoms with E-state index in [2.05, 4.69) is 6.92 Å². The van der Waals surface area contributed by atoms with Crippen molar-refractivity contribution in [3.05, 3.63) is 0 Å². The molecule has 1 saturated carbocycles. The number of rotatable bonds is 1. The van der Waals surface area contributed by atoms with Crippen molar-refractivity contribution >= 4 is 11.7 Å². The molecule has 0 aromatic rings. The number of hydrogen-bond acceptors (Lipinski definition) is 2. The maximum atomic E-state index is 11.5. The number of carbonyl (C=O) groups is 2. The maximum absolute atomic E-state index is 11.5. The summed E-state index contributed by atoms with van der Waals surface area (Å²) < 4.78 is 0. The average Bonchev–Trinajstić information content (AvgIpc) is 2.15. The highest BCUT2D eigenvalue weighted by Gasteiger charge is 2.52. The van der Waals surface area contributed by atoms with Gasteiger partial charge in [-0.1, -0.05) is 6.92 Å². The van der Waals surface area contributed by atoms with Crippen molar-refractivity contribution in [2.24, 2.45) is 17.8 Å². The van der Waals surface area contributed by atoms with E-state index in [9.17, 15) is 9.59 Å². The highest BCUT2D eigenvalue weighted by atomic mass is 16.2. The van der Waals surface area contributed by atoms with E-state index in [4.69, 9.17) is 0 Å². The van der Waals surface area contributed by atoms with Gasteiger partial charge in [-0.05, 0) is 31.1 Å². The van der Waals surface area contributed by atoms with Gasteiger partial charge in [-0.2, -0.15) is 0 Å². The molecule has 0 aromatic heterocycles. The molecule has 2 saturated heterocycles. The Balaban J connectivity index is 2.21. The van der Waals surface area contributed by atoms with E-state index in [1.54, 1.807) is 18.7 Å². The van der Waals surface area contributed by atoms with Gasteiger partial charge in [-0.15, -0.1) is 0 Å². The number of piperidine rings is 2. The normalized spacial score (nSPS) is 40.4. The number of nitrogens with zero attached hydrogens (tertiary/aromatic N) is 1. The number of Topliss-reactive ketones (excluding diaryl/α,β-unsaturated/α-hetero) is 1. The van der Waals surface area contributed by atoms with E-state index in [0.29, 0.717) is 17.8 Å². The SMILES string of the molecule is CC(=O)C1C2CC(CN1C(C)=O)C2C. The summed E-state index contributed by atoms with van der Waals surface area (Å²) in [4.78, 5) is 24.6. The quantitative estimate of drug-likeness (QED) is 0.628. The minimum Gasteiger partial charge on any atom is -0.332 e. The van der Waals surface area contributed by atoms with Crippen LogP contribution in [0.5, 0.6) is 0 Å². The Hall–Kier alpha value is -0.860. The Labute approximate surface area is 84.5 Å². The molecule has 14 heavy (non-hydrogen) atoms. The molecule has 0 N–H and O–H groups in total. The Bertz CT molecular complexity index is 287. The van der Waals surface area contributed by atoms with E-state index >= 15 is 0 Å². The van der Waals surface area contributed by atoms with Crippen molar-refractivity contribution in [1.82, 2.24) is 4.90 Å². The molecule has 2 bridgehead atoms. The molecule has 1 aliphatic carbocycles. The molecular weight excluding hydrogens is 178 g/mol.